The Kier molecular flexibility index (Phi) is 9.95. The fraction of sp³-hybridized carbons (Fsp3) is 1.00. The first-order valence-corrected chi connectivity index (χ1v) is 10.4. The number of hydrogen-bond donors (Lipinski definition) is 0. The monoisotopic (exact) mass is 358 g/mol. The lowest BCUT2D eigenvalue weighted by molar-refractivity contribution is -0.0586. The summed E-state index contributed by atoms with van der Waals surface area (Å²) in [5.41, 5.74) is -1.10. The zero-order valence-electron chi connectivity index (χ0n) is 17.7. The van der Waals surface area contributed by atoms with Gasteiger partial charge >= 0.3 is 0 Å². The highest BCUT2D eigenvalue weighted by atomic mass is 19.1. The minimum Gasteiger partial charge on any atom is -0.384 e. The quantitative estimate of drug-likeness (QED) is 0.400. The molecule has 0 saturated heterocycles. The van der Waals surface area contributed by atoms with Gasteiger partial charge in [-0.2, -0.15) is 0 Å². The second kappa shape index (κ2) is 10.9. The first-order valence-electron chi connectivity index (χ1n) is 10.4. The van der Waals surface area contributed by atoms with Gasteiger partial charge in [0.05, 0.1) is 13.2 Å². The zero-order valence-corrected chi connectivity index (χ0v) is 17.7. The first kappa shape index (κ1) is 22.9. The van der Waals surface area contributed by atoms with Crippen molar-refractivity contribution >= 4 is 0 Å². The van der Waals surface area contributed by atoms with Gasteiger partial charge in [-0.3, -0.25) is 0 Å². The molecule has 3 heteroatoms. The molecule has 150 valence electrons. The highest BCUT2D eigenvalue weighted by Crippen LogP contribution is 2.45. The van der Waals surface area contributed by atoms with Crippen molar-refractivity contribution in [1.82, 2.24) is 0 Å². The standard InChI is InChI=1S/C22H43FO2/c1-18(2)14-22(23,15-19(3)4)13-12-21(16-24-5,17-25-6)20-10-8-7-9-11-20/h18-20H,7-17H2,1-6H3. The fourth-order valence-electron chi connectivity index (χ4n) is 5.14. The molecule has 1 aliphatic carbocycles. The van der Waals surface area contributed by atoms with E-state index >= 15 is 4.39 Å². The SMILES string of the molecule is COCC(CCC(F)(CC(C)C)CC(C)C)(COC)C1CCCCC1. The van der Waals surface area contributed by atoms with E-state index in [2.05, 4.69) is 27.7 Å². The maximum absolute atomic E-state index is 15.8. The molecule has 0 spiro atoms. The summed E-state index contributed by atoms with van der Waals surface area (Å²) in [6.07, 6.45) is 9.21. The van der Waals surface area contributed by atoms with Crippen molar-refractivity contribution in [2.45, 2.75) is 91.2 Å². The van der Waals surface area contributed by atoms with Crippen LogP contribution in [0.2, 0.25) is 0 Å². The molecule has 25 heavy (non-hydrogen) atoms. The van der Waals surface area contributed by atoms with Crippen LogP contribution in [0.15, 0.2) is 0 Å². The number of hydrogen-bond acceptors (Lipinski definition) is 2. The minimum atomic E-state index is -1.07. The van der Waals surface area contributed by atoms with Crippen LogP contribution >= 0.6 is 0 Å². The number of alkyl halides is 1. The number of rotatable bonds is 12. The molecule has 1 rings (SSSR count). The lowest BCUT2D eigenvalue weighted by Crippen LogP contribution is -2.42. The Labute approximate surface area is 156 Å². The van der Waals surface area contributed by atoms with Gasteiger partial charge in [-0.15, -0.1) is 0 Å². The van der Waals surface area contributed by atoms with E-state index in [0.717, 1.165) is 6.42 Å². The van der Waals surface area contributed by atoms with E-state index in [1.807, 2.05) is 0 Å². The van der Waals surface area contributed by atoms with Gasteiger partial charge in [-0.1, -0.05) is 47.0 Å². The molecule has 0 aromatic heterocycles. The largest absolute Gasteiger partial charge is 0.384 e. The first-order chi connectivity index (χ1) is 11.8. The highest BCUT2D eigenvalue weighted by molar-refractivity contribution is 4.92. The third-order valence-corrected chi connectivity index (χ3v) is 5.95. The van der Waals surface area contributed by atoms with Crippen molar-refractivity contribution < 1.29 is 13.9 Å². The van der Waals surface area contributed by atoms with E-state index in [0.29, 0.717) is 50.2 Å². The average Bonchev–Trinajstić information content (AvgIpc) is 2.52. The van der Waals surface area contributed by atoms with E-state index < -0.39 is 5.67 Å². The van der Waals surface area contributed by atoms with Gasteiger partial charge < -0.3 is 9.47 Å². The number of halogens is 1. The molecule has 0 aliphatic heterocycles. The minimum absolute atomic E-state index is 0.0325. The van der Waals surface area contributed by atoms with Gasteiger partial charge in [0, 0.05) is 19.6 Å². The maximum Gasteiger partial charge on any atom is 0.111 e. The van der Waals surface area contributed by atoms with E-state index in [1.165, 1.54) is 32.1 Å². The molecule has 1 fully saturated rings. The van der Waals surface area contributed by atoms with Gasteiger partial charge in [0.2, 0.25) is 0 Å². The van der Waals surface area contributed by atoms with Crippen LogP contribution in [-0.2, 0) is 9.47 Å². The van der Waals surface area contributed by atoms with Gasteiger partial charge in [0.25, 0.3) is 0 Å². The molecular formula is C22H43FO2. The molecule has 1 saturated carbocycles. The predicted molar refractivity (Wildman–Crippen MR) is 105 cm³/mol. The van der Waals surface area contributed by atoms with Gasteiger partial charge in [-0.05, 0) is 56.3 Å². The Morgan fingerprint density at radius 3 is 1.72 bits per heavy atom. The van der Waals surface area contributed by atoms with E-state index in [4.69, 9.17) is 9.47 Å². The van der Waals surface area contributed by atoms with Crippen molar-refractivity contribution in [2.24, 2.45) is 23.2 Å². The van der Waals surface area contributed by atoms with Crippen LogP contribution in [0.25, 0.3) is 0 Å². The Hall–Kier alpha value is -0.150. The van der Waals surface area contributed by atoms with Crippen molar-refractivity contribution in [2.75, 3.05) is 27.4 Å². The summed E-state index contributed by atoms with van der Waals surface area (Å²) in [5.74, 6) is 1.37. The zero-order chi connectivity index (χ0) is 18.9. The van der Waals surface area contributed by atoms with E-state index in [-0.39, 0.29) is 5.41 Å². The van der Waals surface area contributed by atoms with Gasteiger partial charge in [-0.25, -0.2) is 4.39 Å². The molecule has 0 unspecified atom stereocenters. The smallest absolute Gasteiger partial charge is 0.111 e. The highest BCUT2D eigenvalue weighted by Gasteiger charge is 2.42. The lowest BCUT2D eigenvalue weighted by atomic mass is 9.65. The summed E-state index contributed by atoms with van der Waals surface area (Å²) in [7, 11) is 3.55. The van der Waals surface area contributed by atoms with Crippen molar-refractivity contribution in [3.63, 3.8) is 0 Å². The normalized spacial score (nSPS) is 17.6. The van der Waals surface area contributed by atoms with Crippen LogP contribution in [0.3, 0.4) is 0 Å². The second-order valence-electron chi connectivity index (χ2n) is 9.41. The Bertz CT molecular complexity index is 332. The molecule has 1 aliphatic rings. The van der Waals surface area contributed by atoms with E-state index in [1.54, 1.807) is 14.2 Å². The summed E-state index contributed by atoms with van der Waals surface area (Å²) in [5, 5.41) is 0. The van der Waals surface area contributed by atoms with Crippen LogP contribution in [0.1, 0.15) is 85.5 Å². The number of methoxy groups -OCH3 is 2. The van der Waals surface area contributed by atoms with E-state index in [9.17, 15) is 0 Å². The van der Waals surface area contributed by atoms with Gasteiger partial charge in [0.15, 0.2) is 0 Å². The molecule has 0 aromatic rings. The van der Waals surface area contributed by atoms with Crippen molar-refractivity contribution in [3.8, 4) is 0 Å². The summed E-state index contributed by atoms with van der Waals surface area (Å²) in [4.78, 5) is 0. The molecule has 0 atom stereocenters. The van der Waals surface area contributed by atoms with Crippen molar-refractivity contribution in [1.29, 1.82) is 0 Å². The Morgan fingerprint density at radius 1 is 0.840 bits per heavy atom. The average molecular weight is 359 g/mol. The lowest BCUT2D eigenvalue weighted by Gasteiger charge is -2.43. The van der Waals surface area contributed by atoms with Gasteiger partial charge in [0.1, 0.15) is 5.67 Å². The fourth-order valence-corrected chi connectivity index (χ4v) is 5.14. The topological polar surface area (TPSA) is 18.5 Å². The Morgan fingerprint density at radius 2 is 1.32 bits per heavy atom. The summed E-state index contributed by atoms with van der Waals surface area (Å²) in [6, 6.07) is 0. The van der Waals surface area contributed by atoms with Crippen LogP contribution in [-0.4, -0.2) is 33.1 Å². The van der Waals surface area contributed by atoms with Crippen LogP contribution < -0.4 is 0 Å². The summed E-state index contributed by atoms with van der Waals surface area (Å²) >= 11 is 0. The summed E-state index contributed by atoms with van der Waals surface area (Å²) < 4.78 is 27.1. The second-order valence-corrected chi connectivity index (χ2v) is 9.41. The van der Waals surface area contributed by atoms with Crippen LogP contribution in [0, 0.1) is 23.2 Å². The molecule has 0 aromatic carbocycles. The van der Waals surface area contributed by atoms with Crippen molar-refractivity contribution in [3.05, 3.63) is 0 Å². The summed E-state index contributed by atoms with van der Waals surface area (Å²) in [6.45, 7) is 9.90. The van der Waals surface area contributed by atoms with Crippen LogP contribution in [0.5, 0.6) is 0 Å². The molecule has 0 N–H and O–H groups in total. The maximum atomic E-state index is 15.8. The molecule has 0 bridgehead atoms. The molecular weight excluding hydrogens is 315 g/mol. The molecule has 0 radical (unpaired) electrons. The molecule has 0 amide bonds. The molecule has 0 heterocycles. The predicted octanol–water partition coefficient (Wildman–Crippen LogP) is 6.43. The molecule has 2 nitrogen and oxygen atoms in total. The third kappa shape index (κ3) is 7.54. The van der Waals surface area contributed by atoms with Crippen LogP contribution in [0.4, 0.5) is 4.39 Å². The Balaban J connectivity index is 2.92. The number of ether oxygens (including phenoxy) is 2. The third-order valence-electron chi connectivity index (χ3n) is 5.95.